The molecule has 1 amide bonds. The van der Waals surface area contributed by atoms with Gasteiger partial charge in [-0.25, -0.2) is 9.36 Å². The molecule has 2 aliphatic rings. The van der Waals surface area contributed by atoms with Gasteiger partial charge in [-0.1, -0.05) is 6.07 Å². The molecule has 1 fully saturated rings. The van der Waals surface area contributed by atoms with Crippen molar-refractivity contribution in [3.8, 4) is 0 Å². The van der Waals surface area contributed by atoms with Gasteiger partial charge in [-0.05, 0) is 7.05 Å². The Kier molecular flexibility index (Phi) is 3.69. The van der Waals surface area contributed by atoms with Crippen LogP contribution in [0.3, 0.4) is 0 Å². The fourth-order valence-electron chi connectivity index (χ4n) is 2.70. The molecule has 3 rings (SSSR count). The SMILES string of the molecule is CNC1C(=O)N2C(C(=O)O)=C(C[n+]3ccccc3)CSC12. The van der Waals surface area contributed by atoms with Crippen LogP contribution in [0.1, 0.15) is 0 Å². The van der Waals surface area contributed by atoms with Crippen LogP contribution >= 0.6 is 11.8 Å². The van der Waals surface area contributed by atoms with Gasteiger partial charge >= 0.3 is 5.97 Å². The maximum absolute atomic E-state index is 12.1. The Morgan fingerprint density at radius 3 is 2.81 bits per heavy atom. The average Bonchev–Trinajstić information content (AvgIpc) is 2.48. The lowest BCUT2D eigenvalue weighted by atomic mass is 10.0. The predicted molar refractivity (Wildman–Crippen MR) is 77.2 cm³/mol. The fourth-order valence-corrected chi connectivity index (χ4v) is 4.10. The molecule has 2 unspecified atom stereocenters. The summed E-state index contributed by atoms with van der Waals surface area (Å²) in [7, 11) is 1.72. The summed E-state index contributed by atoms with van der Waals surface area (Å²) in [4.78, 5) is 25.1. The summed E-state index contributed by atoms with van der Waals surface area (Å²) >= 11 is 1.61. The molecule has 3 heterocycles. The molecule has 0 saturated carbocycles. The van der Waals surface area contributed by atoms with Crippen LogP contribution in [-0.2, 0) is 16.1 Å². The van der Waals surface area contributed by atoms with E-state index in [4.69, 9.17) is 0 Å². The van der Waals surface area contributed by atoms with E-state index in [9.17, 15) is 14.7 Å². The summed E-state index contributed by atoms with van der Waals surface area (Å²) in [5.41, 5.74) is 0.912. The van der Waals surface area contributed by atoms with Crippen molar-refractivity contribution in [3.05, 3.63) is 41.9 Å². The number of amides is 1. The third-order valence-corrected chi connectivity index (χ3v) is 5.05. The second-order valence-electron chi connectivity index (χ2n) is 4.98. The normalized spacial score (nSPS) is 24.6. The van der Waals surface area contributed by atoms with Gasteiger partial charge in [0.1, 0.15) is 17.1 Å². The molecule has 0 bridgehead atoms. The van der Waals surface area contributed by atoms with Crippen molar-refractivity contribution < 1.29 is 19.3 Å². The molecule has 2 aliphatic heterocycles. The van der Waals surface area contributed by atoms with Crippen molar-refractivity contribution in [1.82, 2.24) is 10.2 Å². The van der Waals surface area contributed by atoms with Crippen molar-refractivity contribution in [2.45, 2.75) is 18.0 Å². The minimum atomic E-state index is -1.03. The van der Waals surface area contributed by atoms with Crippen LogP contribution in [0, 0.1) is 0 Å². The van der Waals surface area contributed by atoms with Crippen LogP contribution in [0.4, 0.5) is 0 Å². The number of nitrogens with one attached hydrogen (secondary N) is 1. The van der Waals surface area contributed by atoms with E-state index in [1.54, 1.807) is 18.8 Å². The van der Waals surface area contributed by atoms with E-state index in [1.807, 2.05) is 35.2 Å². The third-order valence-electron chi connectivity index (χ3n) is 3.71. The van der Waals surface area contributed by atoms with Gasteiger partial charge in [0.15, 0.2) is 18.9 Å². The standard InChI is InChI=1S/C14H15N3O3S/c1-15-10-12(18)17-11(14(19)20)9(8-21-13(10)17)7-16-5-3-2-4-6-16/h2-6,10,13,15H,7-8H2,1H3/p+1. The Balaban J connectivity index is 1.92. The number of thioether (sulfide) groups is 1. The van der Waals surface area contributed by atoms with E-state index in [1.165, 1.54) is 4.90 Å². The van der Waals surface area contributed by atoms with Gasteiger partial charge in [-0.3, -0.25) is 9.69 Å². The number of carboxylic acids is 1. The second-order valence-corrected chi connectivity index (χ2v) is 6.09. The highest BCUT2D eigenvalue weighted by Crippen LogP contribution is 2.40. The maximum Gasteiger partial charge on any atom is 0.352 e. The largest absolute Gasteiger partial charge is 0.477 e. The molecule has 0 aromatic carbocycles. The number of aliphatic carboxylic acids is 1. The molecule has 2 N–H and O–H groups in total. The van der Waals surface area contributed by atoms with Gasteiger partial charge in [-0.2, -0.15) is 0 Å². The van der Waals surface area contributed by atoms with E-state index in [2.05, 4.69) is 5.32 Å². The molecule has 21 heavy (non-hydrogen) atoms. The topological polar surface area (TPSA) is 73.5 Å². The second kappa shape index (κ2) is 5.50. The van der Waals surface area contributed by atoms with E-state index in [-0.39, 0.29) is 23.0 Å². The van der Waals surface area contributed by atoms with E-state index in [0.29, 0.717) is 12.3 Å². The summed E-state index contributed by atoms with van der Waals surface area (Å²) in [5.74, 6) is -0.576. The molecular formula is C14H16N3O3S+. The first kappa shape index (κ1) is 14.1. The Labute approximate surface area is 126 Å². The average molecular weight is 306 g/mol. The van der Waals surface area contributed by atoms with Gasteiger partial charge in [0.25, 0.3) is 0 Å². The third kappa shape index (κ3) is 2.32. The monoisotopic (exact) mass is 306 g/mol. The van der Waals surface area contributed by atoms with E-state index >= 15 is 0 Å². The number of aromatic nitrogens is 1. The minimum Gasteiger partial charge on any atom is -0.477 e. The predicted octanol–water partition coefficient (Wildman–Crippen LogP) is -0.184. The first-order valence-corrected chi connectivity index (χ1v) is 7.69. The number of carbonyl (C=O) groups excluding carboxylic acids is 1. The van der Waals surface area contributed by atoms with Crippen molar-refractivity contribution >= 4 is 23.6 Å². The zero-order valence-electron chi connectivity index (χ0n) is 11.5. The quantitative estimate of drug-likeness (QED) is 0.596. The van der Waals surface area contributed by atoms with Crippen LogP contribution in [0.2, 0.25) is 0 Å². The number of β-lactam (4-membered cyclic amide) rings is 1. The first-order valence-electron chi connectivity index (χ1n) is 6.65. The Hall–Kier alpha value is -1.86. The summed E-state index contributed by atoms with van der Waals surface area (Å²) in [5, 5.41) is 12.3. The number of likely N-dealkylation sites (N-methyl/N-ethyl adjacent to an activating group) is 1. The first-order chi connectivity index (χ1) is 10.1. The summed E-state index contributed by atoms with van der Waals surface area (Å²) in [6.07, 6.45) is 3.77. The Morgan fingerprint density at radius 2 is 2.19 bits per heavy atom. The fraction of sp³-hybridized carbons (Fsp3) is 0.357. The maximum atomic E-state index is 12.1. The zero-order chi connectivity index (χ0) is 15.0. The lowest BCUT2D eigenvalue weighted by Gasteiger charge is -2.49. The Morgan fingerprint density at radius 1 is 1.48 bits per heavy atom. The number of nitrogens with zero attached hydrogens (tertiary/aromatic N) is 2. The lowest BCUT2D eigenvalue weighted by molar-refractivity contribution is -0.689. The molecule has 110 valence electrons. The molecule has 1 aromatic heterocycles. The summed E-state index contributed by atoms with van der Waals surface area (Å²) in [6, 6.07) is 5.41. The van der Waals surface area contributed by atoms with E-state index < -0.39 is 5.97 Å². The van der Waals surface area contributed by atoms with Gasteiger partial charge < -0.3 is 10.4 Å². The van der Waals surface area contributed by atoms with Gasteiger partial charge in [0, 0.05) is 23.5 Å². The molecule has 0 aliphatic carbocycles. The van der Waals surface area contributed by atoms with Crippen LogP contribution in [0.25, 0.3) is 0 Å². The Bertz CT molecular complexity index is 617. The molecular weight excluding hydrogens is 290 g/mol. The van der Waals surface area contributed by atoms with E-state index in [0.717, 1.165) is 5.57 Å². The summed E-state index contributed by atoms with van der Waals surface area (Å²) in [6.45, 7) is 0.482. The van der Waals surface area contributed by atoms with Crippen molar-refractivity contribution in [2.75, 3.05) is 12.8 Å². The number of fused-ring (bicyclic) bond motifs is 1. The van der Waals surface area contributed by atoms with Crippen molar-refractivity contribution in [2.24, 2.45) is 0 Å². The molecule has 7 heteroatoms. The summed E-state index contributed by atoms with van der Waals surface area (Å²) < 4.78 is 1.92. The molecule has 6 nitrogen and oxygen atoms in total. The highest BCUT2D eigenvalue weighted by atomic mass is 32.2. The van der Waals surface area contributed by atoms with Crippen LogP contribution in [-0.4, -0.2) is 46.1 Å². The van der Waals surface area contributed by atoms with Crippen LogP contribution in [0.5, 0.6) is 0 Å². The van der Waals surface area contributed by atoms with Crippen molar-refractivity contribution in [1.29, 1.82) is 0 Å². The van der Waals surface area contributed by atoms with Gasteiger partial charge in [-0.15, -0.1) is 11.8 Å². The van der Waals surface area contributed by atoms with Crippen LogP contribution in [0.15, 0.2) is 41.9 Å². The number of carbonyl (C=O) groups is 2. The number of hydrogen-bond acceptors (Lipinski definition) is 4. The molecule has 1 aromatic rings. The number of rotatable bonds is 4. The molecule has 1 saturated heterocycles. The van der Waals surface area contributed by atoms with Gasteiger partial charge in [0.05, 0.1) is 0 Å². The lowest BCUT2D eigenvalue weighted by Crippen LogP contribution is -2.69. The number of pyridine rings is 1. The molecule has 2 atom stereocenters. The zero-order valence-corrected chi connectivity index (χ0v) is 12.3. The molecule has 0 spiro atoms. The number of carboxylic acid groups (broad SMARTS) is 1. The highest BCUT2D eigenvalue weighted by molar-refractivity contribution is 8.00. The van der Waals surface area contributed by atoms with Crippen molar-refractivity contribution in [3.63, 3.8) is 0 Å². The number of hydrogen-bond donors (Lipinski definition) is 2. The smallest absolute Gasteiger partial charge is 0.352 e. The highest BCUT2D eigenvalue weighted by Gasteiger charge is 2.53. The van der Waals surface area contributed by atoms with Crippen LogP contribution < -0.4 is 9.88 Å². The van der Waals surface area contributed by atoms with Gasteiger partial charge in [0.2, 0.25) is 5.91 Å². The minimum absolute atomic E-state index is 0.113. The molecule has 0 radical (unpaired) electrons.